The minimum Gasteiger partial charge on any atom is -0.480 e. The number of aliphatic carboxylic acids is 1. The standard InChI is InChI=1S/C24H27NO2.ClH/c26-24(27)23-13-5-6-16-25(23)17-7-12-22-20-10-3-1-8-18(20)14-15-19-9-2-4-11-21(19)22;/h1-4,8-12,23H,5-7,13-17H2,(H,26,27);1H/t23-;/m1./s1. The Morgan fingerprint density at radius 1 is 1.00 bits per heavy atom. The van der Waals surface area contributed by atoms with Crippen molar-refractivity contribution in [1.82, 2.24) is 4.90 Å². The Hall–Kier alpha value is -2.10. The van der Waals surface area contributed by atoms with E-state index in [0.717, 1.165) is 51.6 Å². The van der Waals surface area contributed by atoms with Gasteiger partial charge in [-0.25, -0.2) is 0 Å². The second-order valence-corrected chi connectivity index (χ2v) is 7.61. The molecule has 0 saturated carbocycles. The number of carbonyl (C=O) groups is 1. The predicted molar refractivity (Wildman–Crippen MR) is 116 cm³/mol. The van der Waals surface area contributed by atoms with Crippen LogP contribution < -0.4 is 0 Å². The quantitative estimate of drug-likeness (QED) is 0.791. The Morgan fingerprint density at radius 3 is 2.21 bits per heavy atom. The van der Waals surface area contributed by atoms with Crippen LogP contribution in [-0.4, -0.2) is 35.1 Å². The fourth-order valence-corrected chi connectivity index (χ4v) is 4.55. The highest BCUT2D eigenvalue weighted by molar-refractivity contribution is 5.85. The number of hydrogen-bond acceptors (Lipinski definition) is 2. The van der Waals surface area contributed by atoms with Crippen molar-refractivity contribution in [2.45, 2.75) is 44.6 Å². The van der Waals surface area contributed by atoms with Gasteiger partial charge in [-0.05, 0) is 66.5 Å². The maximum Gasteiger partial charge on any atom is 0.320 e. The number of carboxylic acids is 1. The van der Waals surface area contributed by atoms with Gasteiger partial charge < -0.3 is 5.11 Å². The van der Waals surface area contributed by atoms with Crippen molar-refractivity contribution in [3.05, 3.63) is 76.9 Å². The largest absolute Gasteiger partial charge is 0.480 e. The predicted octanol–water partition coefficient (Wildman–Crippen LogP) is 4.97. The molecule has 0 spiro atoms. The van der Waals surface area contributed by atoms with Crippen LogP contribution in [0.2, 0.25) is 0 Å². The lowest BCUT2D eigenvalue weighted by Gasteiger charge is -2.32. The number of piperidine rings is 1. The number of halogens is 1. The van der Waals surface area contributed by atoms with Crippen molar-refractivity contribution in [2.75, 3.05) is 13.1 Å². The number of nitrogens with zero attached hydrogens (tertiary/aromatic N) is 1. The Kier molecular flexibility index (Phi) is 6.93. The summed E-state index contributed by atoms with van der Waals surface area (Å²) >= 11 is 0. The molecule has 2 aromatic carbocycles. The Morgan fingerprint density at radius 2 is 1.61 bits per heavy atom. The van der Waals surface area contributed by atoms with Crippen molar-refractivity contribution < 1.29 is 9.90 Å². The Bertz CT molecular complexity index is 812. The van der Waals surface area contributed by atoms with Gasteiger partial charge in [0.1, 0.15) is 6.04 Å². The highest BCUT2D eigenvalue weighted by Gasteiger charge is 2.27. The molecule has 1 N–H and O–H groups in total. The van der Waals surface area contributed by atoms with E-state index in [1.807, 2.05) is 0 Å². The number of benzene rings is 2. The van der Waals surface area contributed by atoms with Gasteiger partial charge in [-0.1, -0.05) is 61.0 Å². The molecule has 1 fully saturated rings. The molecule has 0 aromatic heterocycles. The molecule has 1 heterocycles. The molecule has 3 nitrogen and oxygen atoms in total. The van der Waals surface area contributed by atoms with E-state index in [4.69, 9.17) is 0 Å². The fraction of sp³-hybridized carbons (Fsp3) is 0.375. The van der Waals surface area contributed by atoms with E-state index in [2.05, 4.69) is 59.5 Å². The molecule has 1 atom stereocenters. The molecule has 0 radical (unpaired) electrons. The number of fused-ring (bicyclic) bond motifs is 2. The van der Waals surface area contributed by atoms with E-state index in [1.165, 1.54) is 27.8 Å². The normalized spacial score (nSPS) is 19.0. The maximum absolute atomic E-state index is 11.5. The average Bonchev–Trinajstić information content (AvgIpc) is 2.86. The molecule has 4 heteroatoms. The van der Waals surface area contributed by atoms with Crippen molar-refractivity contribution in [3.63, 3.8) is 0 Å². The second kappa shape index (κ2) is 9.40. The van der Waals surface area contributed by atoms with Crippen molar-refractivity contribution in [2.24, 2.45) is 0 Å². The SMILES string of the molecule is Cl.O=C(O)[C@H]1CCCCN1CCC=C1c2ccccc2CCc2ccccc21. The molecule has 0 amide bonds. The highest BCUT2D eigenvalue weighted by Crippen LogP contribution is 2.33. The minimum atomic E-state index is -0.674. The molecule has 4 rings (SSSR count). The van der Waals surface area contributed by atoms with Crippen LogP contribution in [-0.2, 0) is 17.6 Å². The van der Waals surface area contributed by atoms with Crippen molar-refractivity contribution in [1.29, 1.82) is 0 Å². The van der Waals surface area contributed by atoms with E-state index in [0.29, 0.717) is 0 Å². The minimum absolute atomic E-state index is 0. The van der Waals surface area contributed by atoms with Gasteiger partial charge in [-0.15, -0.1) is 12.4 Å². The van der Waals surface area contributed by atoms with Crippen LogP contribution in [0.1, 0.15) is 47.9 Å². The first-order valence-electron chi connectivity index (χ1n) is 10.1. The van der Waals surface area contributed by atoms with Crippen LogP contribution in [0.5, 0.6) is 0 Å². The van der Waals surface area contributed by atoms with Gasteiger partial charge in [0.05, 0.1) is 0 Å². The van der Waals surface area contributed by atoms with Gasteiger partial charge in [0.15, 0.2) is 0 Å². The summed E-state index contributed by atoms with van der Waals surface area (Å²) in [5, 5.41) is 9.50. The van der Waals surface area contributed by atoms with Crippen LogP contribution in [0.4, 0.5) is 0 Å². The number of aryl methyl sites for hydroxylation is 2. The Labute approximate surface area is 173 Å². The van der Waals surface area contributed by atoms with Gasteiger partial charge in [-0.3, -0.25) is 9.69 Å². The van der Waals surface area contributed by atoms with Crippen LogP contribution in [0, 0.1) is 0 Å². The average molecular weight is 398 g/mol. The maximum atomic E-state index is 11.5. The summed E-state index contributed by atoms with van der Waals surface area (Å²) in [7, 11) is 0. The first-order valence-corrected chi connectivity index (χ1v) is 10.1. The van der Waals surface area contributed by atoms with E-state index < -0.39 is 5.97 Å². The van der Waals surface area contributed by atoms with Crippen LogP contribution in [0.25, 0.3) is 5.57 Å². The van der Waals surface area contributed by atoms with E-state index >= 15 is 0 Å². The van der Waals surface area contributed by atoms with Gasteiger partial charge >= 0.3 is 5.97 Å². The third-order valence-electron chi connectivity index (χ3n) is 5.94. The van der Waals surface area contributed by atoms with Gasteiger partial charge in [0, 0.05) is 6.54 Å². The summed E-state index contributed by atoms with van der Waals surface area (Å²) in [6, 6.07) is 17.1. The van der Waals surface area contributed by atoms with Gasteiger partial charge in [-0.2, -0.15) is 0 Å². The summed E-state index contributed by atoms with van der Waals surface area (Å²) in [5.74, 6) is -0.674. The molecule has 1 aliphatic carbocycles. The lowest BCUT2D eigenvalue weighted by molar-refractivity contribution is -0.144. The molecule has 2 aromatic rings. The molecule has 0 bridgehead atoms. The fourth-order valence-electron chi connectivity index (χ4n) is 4.55. The van der Waals surface area contributed by atoms with E-state index in [9.17, 15) is 9.90 Å². The monoisotopic (exact) mass is 397 g/mol. The molecule has 2 aliphatic rings. The molecule has 28 heavy (non-hydrogen) atoms. The topological polar surface area (TPSA) is 40.5 Å². The smallest absolute Gasteiger partial charge is 0.320 e. The zero-order chi connectivity index (χ0) is 18.6. The third-order valence-corrected chi connectivity index (χ3v) is 5.94. The zero-order valence-corrected chi connectivity index (χ0v) is 17.0. The first kappa shape index (κ1) is 20.6. The van der Waals surface area contributed by atoms with Gasteiger partial charge in [0.2, 0.25) is 0 Å². The second-order valence-electron chi connectivity index (χ2n) is 7.61. The van der Waals surface area contributed by atoms with E-state index in [-0.39, 0.29) is 18.4 Å². The van der Waals surface area contributed by atoms with Crippen molar-refractivity contribution in [3.8, 4) is 0 Å². The molecular formula is C24H28ClNO2. The molecule has 0 unspecified atom stereocenters. The first-order chi connectivity index (χ1) is 13.2. The summed E-state index contributed by atoms with van der Waals surface area (Å²) in [4.78, 5) is 13.7. The zero-order valence-electron chi connectivity index (χ0n) is 16.1. The molecule has 1 saturated heterocycles. The summed E-state index contributed by atoms with van der Waals surface area (Å²) in [6.45, 7) is 1.71. The lowest BCUT2D eigenvalue weighted by Crippen LogP contribution is -2.44. The number of rotatable bonds is 4. The summed E-state index contributed by atoms with van der Waals surface area (Å²) < 4.78 is 0. The third kappa shape index (κ3) is 4.31. The number of hydrogen-bond donors (Lipinski definition) is 1. The summed E-state index contributed by atoms with van der Waals surface area (Å²) in [5.41, 5.74) is 6.78. The van der Waals surface area contributed by atoms with Gasteiger partial charge in [0.25, 0.3) is 0 Å². The molecular weight excluding hydrogens is 370 g/mol. The van der Waals surface area contributed by atoms with Crippen LogP contribution in [0.3, 0.4) is 0 Å². The highest BCUT2D eigenvalue weighted by atomic mass is 35.5. The van der Waals surface area contributed by atoms with Crippen LogP contribution >= 0.6 is 12.4 Å². The number of likely N-dealkylation sites (tertiary alicyclic amines) is 1. The molecule has 148 valence electrons. The Balaban J connectivity index is 0.00000225. The lowest BCUT2D eigenvalue weighted by atomic mass is 9.93. The van der Waals surface area contributed by atoms with E-state index in [1.54, 1.807) is 0 Å². The summed E-state index contributed by atoms with van der Waals surface area (Å²) in [6.07, 6.45) is 8.24. The molecule has 1 aliphatic heterocycles. The number of carboxylic acid groups (broad SMARTS) is 1. The van der Waals surface area contributed by atoms with Crippen LogP contribution in [0.15, 0.2) is 54.6 Å². The van der Waals surface area contributed by atoms with Crippen molar-refractivity contribution >= 4 is 23.9 Å².